The summed E-state index contributed by atoms with van der Waals surface area (Å²) in [5.41, 5.74) is 2.17. The van der Waals surface area contributed by atoms with Crippen molar-refractivity contribution in [1.29, 1.82) is 5.26 Å². The largest absolute Gasteiger partial charge is 0.490 e. The Morgan fingerprint density at radius 1 is 1.17 bits per heavy atom. The average Bonchev–Trinajstić information content (AvgIpc) is 3.41. The fourth-order valence-corrected chi connectivity index (χ4v) is 5.16. The molecule has 1 heterocycles. The van der Waals surface area contributed by atoms with Crippen molar-refractivity contribution in [2.45, 2.75) is 49.8 Å². The predicted octanol–water partition coefficient (Wildman–Crippen LogP) is 2.96. The second-order valence-corrected chi connectivity index (χ2v) is 9.58. The predicted molar refractivity (Wildman–Crippen MR) is 110 cm³/mol. The van der Waals surface area contributed by atoms with Crippen LogP contribution < -0.4 is 9.46 Å². The van der Waals surface area contributed by atoms with Gasteiger partial charge in [0.05, 0.1) is 22.6 Å². The summed E-state index contributed by atoms with van der Waals surface area (Å²) in [5.74, 6) is 0.915. The first kappa shape index (κ1) is 19.9. The maximum atomic E-state index is 12.8. The Hall–Kier alpha value is -2.40. The average molecular weight is 412 g/mol. The molecule has 6 nitrogen and oxygen atoms in total. The third-order valence-corrected chi connectivity index (χ3v) is 7.02. The van der Waals surface area contributed by atoms with Crippen molar-refractivity contribution in [3.63, 3.8) is 0 Å². The van der Waals surface area contributed by atoms with Gasteiger partial charge in [-0.25, -0.2) is 13.1 Å². The Kier molecular flexibility index (Phi) is 5.59. The van der Waals surface area contributed by atoms with Gasteiger partial charge in [-0.15, -0.1) is 0 Å². The first-order chi connectivity index (χ1) is 13.9. The Morgan fingerprint density at radius 3 is 2.62 bits per heavy atom. The minimum absolute atomic E-state index is 0.136. The summed E-state index contributed by atoms with van der Waals surface area (Å²) in [4.78, 5) is 2.43. The molecule has 2 fully saturated rings. The first-order valence-corrected chi connectivity index (χ1v) is 11.4. The third-order valence-electron chi connectivity index (χ3n) is 5.36. The van der Waals surface area contributed by atoms with Crippen molar-refractivity contribution in [1.82, 2.24) is 9.62 Å². The highest BCUT2D eigenvalue weighted by molar-refractivity contribution is 7.89. The smallest absolute Gasteiger partial charge is 0.241 e. The zero-order chi connectivity index (χ0) is 20.4. The Morgan fingerprint density at radius 2 is 1.93 bits per heavy atom. The van der Waals surface area contributed by atoms with Gasteiger partial charge in [-0.3, -0.25) is 4.90 Å². The highest BCUT2D eigenvalue weighted by Gasteiger charge is 2.28. The van der Waals surface area contributed by atoms with E-state index in [1.807, 2.05) is 18.2 Å². The standard InChI is InChI=1S/C22H25N3O3S/c1-16-2-3-18(13-23)12-22(16)29(26,27)24-19-10-11-25(15-19)14-17-4-6-20(7-5-17)28-21-8-9-21/h2-7,12,19,21,24H,8-11,14-15H2,1H3/t19-/m1/s1. The van der Waals surface area contributed by atoms with E-state index >= 15 is 0 Å². The molecule has 2 aromatic carbocycles. The number of rotatable bonds is 7. The number of hydrogen-bond donors (Lipinski definition) is 1. The zero-order valence-corrected chi connectivity index (χ0v) is 17.3. The molecule has 0 spiro atoms. The van der Waals surface area contributed by atoms with Gasteiger partial charge in [0.2, 0.25) is 10.0 Å². The van der Waals surface area contributed by atoms with E-state index in [0.717, 1.165) is 38.1 Å². The van der Waals surface area contributed by atoms with Crippen LogP contribution in [-0.4, -0.2) is 38.6 Å². The number of benzene rings is 2. The molecule has 0 aromatic heterocycles. The molecular formula is C22H25N3O3S. The molecule has 2 aliphatic rings. The van der Waals surface area contributed by atoms with Crippen LogP contribution in [0.1, 0.15) is 36.0 Å². The van der Waals surface area contributed by atoms with Gasteiger partial charge < -0.3 is 4.74 Å². The van der Waals surface area contributed by atoms with Crippen LogP contribution in [0, 0.1) is 18.3 Å². The van der Waals surface area contributed by atoms with E-state index in [1.54, 1.807) is 19.1 Å². The van der Waals surface area contributed by atoms with E-state index in [0.29, 0.717) is 23.8 Å². The lowest BCUT2D eigenvalue weighted by atomic mass is 10.2. The maximum absolute atomic E-state index is 12.8. The van der Waals surface area contributed by atoms with E-state index < -0.39 is 10.0 Å². The summed E-state index contributed by atoms with van der Waals surface area (Å²) < 4.78 is 34.2. The van der Waals surface area contributed by atoms with E-state index in [9.17, 15) is 8.42 Å². The number of likely N-dealkylation sites (tertiary alicyclic amines) is 1. The summed E-state index contributed by atoms with van der Waals surface area (Å²) in [7, 11) is -3.66. The van der Waals surface area contributed by atoms with E-state index in [4.69, 9.17) is 10.00 Å². The number of nitrogens with one attached hydrogen (secondary N) is 1. The fraction of sp³-hybridized carbons (Fsp3) is 0.409. The monoisotopic (exact) mass is 411 g/mol. The molecule has 4 rings (SSSR count). The molecule has 0 unspecified atom stereocenters. The molecule has 1 N–H and O–H groups in total. The van der Waals surface area contributed by atoms with Crippen molar-refractivity contribution in [2.75, 3.05) is 13.1 Å². The van der Waals surface area contributed by atoms with Gasteiger partial charge in [-0.05, 0) is 61.6 Å². The van der Waals surface area contributed by atoms with Gasteiger partial charge in [-0.2, -0.15) is 5.26 Å². The van der Waals surface area contributed by atoms with E-state index in [1.165, 1.54) is 11.6 Å². The lowest BCUT2D eigenvalue weighted by Gasteiger charge is -2.18. The highest BCUT2D eigenvalue weighted by atomic mass is 32.2. The van der Waals surface area contributed by atoms with Crippen LogP contribution in [-0.2, 0) is 16.6 Å². The number of ether oxygens (including phenoxy) is 1. The van der Waals surface area contributed by atoms with Crippen molar-refractivity contribution in [3.05, 3.63) is 59.2 Å². The van der Waals surface area contributed by atoms with Gasteiger partial charge in [0, 0.05) is 25.7 Å². The van der Waals surface area contributed by atoms with Crippen LogP contribution in [0.4, 0.5) is 0 Å². The zero-order valence-electron chi connectivity index (χ0n) is 16.5. The molecule has 1 aliphatic carbocycles. The van der Waals surface area contributed by atoms with Crippen molar-refractivity contribution >= 4 is 10.0 Å². The molecule has 1 aliphatic heterocycles. The number of nitriles is 1. The van der Waals surface area contributed by atoms with Gasteiger partial charge in [0.25, 0.3) is 0 Å². The molecule has 29 heavy (non-hydrogen) atoms. The van der Waals surface area contributed by atoms with E-state index in [-0.39, 0.29) is 10.9 Å². The Labute approximate surface area is 172 Å². The van der Waals surface area contributed by atoms with Crippen molar-refractivity contribution in [2.24, 2.45) is 0 Å². The minimum Gasteiger partial charge on any atom is -0.490 e. The third kappa shape index (κ3) is 4.96. The lowest BCUT2D eigenvalue weighted by Crippen LogP contribution is -2.37. The summed E-state index contributed by atoms with van der Waals surface area (Å²) in [6, 6.07) is 14.8. The lowest BCUT2D eigenvalue weighted by molar-refractivity contribution is 0.302. The molecule has 1 saturated carbocycles. The summed E-state index contributed by atoms with van der Waals surface area (Å²) in [5, 5.41) is 9.06. The Balaban J connectivity index is 1.35. The molecular weight excluding hydrogens is 386 g/mol. The molecule has 0 radical (unpaired) electrons. The minimum atomic E-state index is -3.66. The van der Waals surface area contributed by atoms with Crippen molar-refractivity contribution < 1.29 is 13.2 Å². The maximum Gasteiger partial charge on any atom is 0.241 e. The number of hydrogen-bond acceptors (Lipinski definition) is 5. The quantitative estimate of drug-likeness (QED) is 0.757. The van der Waals surface area contributed by atoms with E-state index in [2.05, 4.69) is 21.8 Å². The SMILES string of the molecule is Cc1ccc(C#N)cc1S(=O)(=O)N[C@@H]1CCN(Cc2ccc(OC3CC3)cc2)C1. The van der Waals surface area contributed by atoms with Crippen LogP contribution in [0.2, 0.25) is 0 Å². The normalized spacial score (nSPS) is 19.8. The van der Waals surface area contributed by atoms with Crippen molar-refractivity contribution in [3.8, 4) is 11.8 Å². The molecule has 2 aromatic rings. The van der Waals surface area contributed by atoms with Crippen LogP contribution in [0.5, 0.6) is 5.75 Å². The summed E-state index contributed by atoms with van der Waals surface area (Å²) in [6.45, 7) is 4.03. The molecule has 0 amide bonds. The summed E-state index contributed by atoms with van der Waals surface area (Å²) >= 11 is 0. The Bertz CT molecular complexity index is 1020. The van der Waals surface area contributed by atoms with Crippen LogP contribution in [0.15, 0.2) is 47.4 Å². The topological polar surface area (TPSA) is 82.4 Å². The second-order valence-electron chi connectivity index (χ2n) is 7.90. The molecule has 7 heteroatoms. The number of sulfonamides is 1. The fourth-order valence-electron chi connectivity index (χ4n) is 3.62. The van der Waals surface area contributed by atoms with Gasteiger partial charge >= 0.3 is 0 Å². The first-order valence-electron chi connectivity index (χ1n) is 9.94. The summed E-state index contributed by atoms with van der Waals surface area (Å²) in [6.07, 6.45) is 3.45. The van der Waals surface area contributed by atoms with Gasteiger partial charge in [0.1, 0.15) is 5.75 Å². The molecule has 152 valence electrons. The highest BCUT2D eigenvalue weighted by Crippen LogP contribution is 2.27. The molecule has 1 atom stereocenters. The molecule has 1 saturated heterocycles. The number of aryl methyl sites for hydroxylation is 1. The number of nitrogens with zero attached hydrogens (tertiary/aromatic N) is 2. The van der Waals surface area contributed by atoms with Gasteiger partial charge in [-0.1, -0.05) is 18.2 Å². The van der Waals surface area contributed by atoms with Gasteiger partial charge in [0.15, 0.2) is 0 Å². The molecule has 0 bridgehead atoms. The van der Waals surface area contributed by atoms with Crippen LogP contribution in [0.25, 0.3) is 0 Å². The second kappa shape index (κ2) is 8.15. The van der Waals surface area contributed by atoms with Crippen LogP contribution >= 0.6 is 0 Å². The van der Waals surface area contributed by atoms with Crippen LogP contribution in [0.3, 0.4) is 0 Å².